The first-order valence-corrected chi connectivity index (χ1v) is 25.4. The summed E-state index contributed by atoms with van der Waals surface area (Å²) in [4.78, 5) is 85.6. The van der Waals surface area contributed by atoms with Gasteiger partial charge in [-0.3, -0.25) is 38.3 Å². The van der Waals surface area contributed by atoms with Crippen molar-refractivity contribution in [1.29, 1.82) is 0 Å². The zero-order valence-corrected chi connectivity index (χ0v) is 40.5. The van der Waals surface area contributed by atoms with Gasteiger partial charge in [-0.05, 0) is 59.7 Å². The van der Waals surface area contributed by atoms with Crippen molar-refractivity contribution in [2.24, 2.45) is 0 Å². The fraction of sp³-hybridized carbons (Fsp3) is 0.364. The highest BCUT2D eigenvalue weighted by Crippen LogP contribution is 2.42. The summed E-state index contributed by atoms with van der Waals surface area (Å²) in [5.41, 5.74) is 4.67. The predicted molar refractivity (Wildman–Crippen MR) is 253 cm³/mol. The van der Waals surface area contributed by atoms with E-state index >= 15 is 0 Å². The molecule has 6 amide bonds. The van der Waals surface area contributed by atoms with Crippen molar-refractivity contribution in [3.05, 3.63) is 73.1 Å². The number of nitrogens with one attached hydrogen (secondary N) is 2. The number of pyridine rings is 2. The maximum absolute atomic E-state index is 12.5. The Hall–Kier alpha value is -7.82. The zero-order valence-electron chi connectivity index (χ0n) is 38.8. The van der Waals surface area contributed by atoms with Gasteiger partial charge in [0, 0.05) is 37.4 Å². The third-order valence-corrected chi connectivity index (χ3v) is 11.0. The molecule has 2 aromatic carbocycles. The topological polar surface area (TPSA) is 329 Å². The second kappa shape index (κ2) is 21.7. The summed E-state index contributed by atoms with van der Waals surface area (Å²) in [6.07, 6.45) is 2.14. The van der Waals surface area contributed by atoms with Gasteiger partial charge in [0.1, 0.15) is 73.9 Å². The summed E-state index contributed by atoms with van der Waals surface area (Å²) in [5, 5.41) is 5.37. The molecule has 0 bridgehead atoms. The second-order valence-corrected chi connectivity index (χ2v) is 19.3. The molecule has 0 radical (unpaired) electrons. The van der Waals surface area contributed by atoms with Crippen LogP contribution in [-0.4, -0.2) is 162 Å². The Labute approximate surface area is 411 Å². The number of benzene rings is 2. The zero-order chi connectivity index (χ0) is 52.1. The van der Waals surface area contributed by atoms with Crippen LogP contribution in [0.1, 0.15) is 13.8 Å². The third kappa shape index (κ3) is 12.9. The van der Waals surface area contributed by atoms with E-state index in [1.807, 2.05) is 48.5 Å². The summed E-state index contributed by atoms with van der Waals surface area (Å²) in [6, 6.07) is 17.7. The largest absolute Gasteiger partial charge is 0.489 e. The lowest BCUT2D eigenvalue weighted by atomic mass is 10.0. The van der Waals surface area contributed by atoms with E-state index in [2.05, 4.69) is 20.6 Å². The fourth-order valence-corrected chi connectivity index (χ4v) is 7.90. The third-order valence-electron chi connectivity index (χ3n) is 11.0. The molecule has 4 aromatic rings. The Morgan fingerprint density at radius 2 is 0.944 bits per heavy atom. The molecule has 28 heteroatoms. The van der Waals surface area contributed by atoms with Crippen LogP contribution in [0.15, 0.2) is 73.1 Å². The molecule has 4 saturated heterocycles. The Bertz CT molecular complexity index is 2750. The van der Waals surface area contributed by atoms with Crippen LogP contribution in [0.25, 0.3) is 22.3 Å². The van der Waals surface area contributed by atoms with E-state index in [9.17, 15) is 45.6 Å². The molecule has 4 N–H and O–H groups in total. The van der Waals surface area contributed by atoms with Gasteiger partial charge in [-0.2, -0.15) is 16.8 Å². The van der Waals surface area contributed by atoms with Gasteiger partial charge < -0.3 is 39.1 Å². The second-order valence-electron chi connectivity index (χ2n) is 16.4. The highest BCUT2D eigenvalue weighted by molar-refractivity contribution is 7.85. The summed E-state index contributed by atoms with van der Waals surface area (Å²) in [5.74, 6) is 1.84. The van der Waals surface area contributed by atoms with Crippen molar-refractivity contribution in [1.82, 2.24) is 20.6 Å². The smallest absolute Gasteiger partial charge is 0.415 e. The molecule has 10 rings (SSSR count). The van der Waals surface area contributed by atoms with E-state index in [1.54, 1.807) is 34.3 Å². The minimum atomic E-state index is -3.67. The van der Waals surface area contributed by atoms with Gasteiger partial charge in [0.25, 0.3) is 20.2 Å². The highest BCUT2D eigenvalue weighted by atomic mass is 32.2. The van der Waals surface area contributed by atoms with E-state index < -0.39 is 56.8 Å². The van der Waals surface area contributed by atoms with Gasteiger partial charge in [-0.15, -0.1) is 0 Å². The van der Waals surface area contributed by atoms with Crippen LogP contribution in [0, 0.1) is 0 Å². The van der Waals surface area contributed by atoms with Gasteiger partial charge >= 0.3 is 24.4 Å². The summed E-state index contributed by atoms with van der Waals surface area (Å²) in [6.45, 7) is 5.51. The van der Waals surface area contributed by atoms with Crippen LogP contribution in [0.2, 0.25) is 0 Å². The molecule has 0 saturated carbocycles. The molecule has 6 aliphatic heterocycles. The molecular formula is C44H48N8O18S2. The van der Waals surface area contributed by atoms with Crippen LogP contribution >= 0.6 is 0 Å². The summed E-state index contributed by atoms with van der Waals surface area (Å²) < 4.78 is 84.4. The molecular weight excluding hydrogens is 993 g/mol. The number of amides is 6. The fourth-order valence-electron chi connectivity index (χ4n) is 7.90. The Kier molecular flexibility index (Phi) is 15.7. The van der Waals surface area contributed by atoms with E-state index in [4.69, 9.17) is 37.5 Å². The van der Waals surface area contributed by atoms with Crippen LogP contribution in [0.3, 0.4) is 0 Å². The van der Waals surface area contributed by atoms with Crippen molar-refractivity contribution < 1.29 is 83.1 Å². The first kappa shape index (κ1) is 52.0. The molecule has 0 spiro atoms. The number of hydrogen-bond acceptors (Lipinski definition) is 18. The summed E-state index contributed by atoms with van der Waals surface area (Å²) >= 11 is 0. The van der Waals surface area contributed by atoms with Crippen molar-refractivity contribution in [3.63, 3.8) is 0 Å². The molecule has 8 heterocycles. The lowest BCUT2D eigenvalue weighted by Crippen LogP contribution is -2.47. The number of carbonyl (C=O) groups excluding carboxylic acids is 6. The number of fused-ring (bicyclic) bond motifs is 6. The Balaban J connectivity index is 0.000000178. The van der Waals surface area contributed by atoms with Crippen LogP contribution in [0.5, 0.6) is 11.5 Å². The molecule has 26 nitrogen and oxygen atoms in total. The quantitative estimate of drug-likeness (QED) is 0.146. The van der Waals surface area contributed by atoms with Crippen LogP contribution < -0.4 is 39.7 Å². The van der Waals surface area contributed by atoms with Gasteiger partial charge in [0.05, 0.1) is 50.1 Å². The van der Waals surface area contributed by atoms with Crippen molar-refractivity contribution in [2.45, 2.75) is 38.1 Å². The van der Waals surface area contributed by atoms with Crippen molar-refractivity contribution in [2.75, 3.05) is 84.7 Å². The van der Waals surface area contributed by atoms with Crippen molar-refractivity contribution in [3.8, 4) is 33.8 Å². The van der Waals surface area contributed by atoms with Gasteiger partial charge in [0.2, 0.25) is 11.8 Å². The molecule has 0 unspecified atom stereocenters. The minimum absolute atomic E-state index is 0.183. The molecule has 6 aliphatic rings. The normalized spacial score (nSPS) is 20.3. The number of cyclic esters (lactones) is 4. The van der Waals surface area contributed by atoms with E-state index in [0.717, 1.165) is 22.3 Å². The first-order chi connectivity index (χ1) is 34.0. The molecule has 72 heavy (non-hydrogen) atoms. The number of carbonyl (C=O) groups is 6. The van der Waals surface area contributed by atoms with Crippen LogP contribution in [-0.2, 0) is 48.8 Å². The van der Waals surface area contributed by atoms with Crippen molar-refractivity contribution >= 4 is 79.4 Å². The van der Waals surface area contributed by atoms with Gasteiger partial charge in [-0.25, -0.2) is 29.1 Å². The number of rotatable bonds is 8. The number of aromatic nitrogens is 2. The van der Waals surface area contributed by atoms with E-state index in [-0.39, 0.29) is 50.2 Å². The monoisotopic (exact) mass is 1040 g/mol. The molecule has 4 fully saturated rings. The maximum atomic E-state index is 12.5. The average Bonchev–Trinajstić information content (AvgIpc) is 4.11. The summed E-state index contributed by atoms with van der Waals surface area (Å²) in [7, 11) is -7.33. The predicted octanol–water partition coefficient (Wildman–Crippen LogP) is 2.86. The highest BCUT2D eigenvalue weighted by Gasteiger charge is 2.48. The molecule has 2 aromatic heterocycles. The van der Waals surface area contributed by atoms with Crippen LogP contribution in [0.4, 0.5) is 42.2 Å². The van der Waals surface area contributed by atoms with E-state index in [1.165, 1.54) is 23.6 Å². The average molecular weight is 1040 g/mol. The Morgan fingerprint density at radius 3 is 1.25 bits per heavy atom. The lowest BCUT2D eigenvalue weighted by molar-refractivity contribution is -0.120. The molecule has 384 valence electrons. The maximum Gasteiger partial charge on any atom is 0.415 e. The van der Waals surface area contributed by atoms with Gasteiger partial charge in [-0.1, -0.05) is 12.1 Å². The Morgan fingerprint density at radius 1 is 0.583 bits per heavy atom. The minimum Gasteiger partial charge on any atom is -0.489 e. The van der Waals surface area contributed by atoms with Gasteiger partial charge in [0.15, 0.2) is 0 Å². The molecule has 4 atom stereocenters. The van der Waals surface area contributed by atoms with E-state index in [0.29, 0.717) is 73.3 Å². The first-order valence-electron chi connectivity index (χ1n) is 21.7. The lowest BCUT2D eigenvalue weighted by Gasteiger charge is -2.31. The SMILES string of the molecule is CC(=O)NC[C@@H]1OC(=O)N2c3ccc(-c4ccc(N5CCOC5=O)nc4)cc3OC[C@@H]12.CC(=O)NC[C@@H]1OC(=O)N2c3ccc(-c4ccc(N5CCOC5=O)nc4)cc3OC[C@@H]12.CS(=O)(=O)O.CS(=O)(=O)O. The number of nitrogens with zero attached hydrogens (tertiary/aromatic N) is 6. The number of hydrogen-bond donors (Lipinski definition) is 4. The number of ether oxygens (including phenoxy) is 6. The molecule has 0 aliphatic carbocycles. The standard InChI is InChI=1S/2C21H20N4O6.2CH4O3S/c2*1-12(26)22-10-18-16-11-30-17-8-13(2-4-15(17)25(16)21(28)31-18)14-3-5-19(23-9-14)24-6-7-29-20(24)27;2*1-5(2,3)4/h2*2-5,8-9,16,18H,6-7,10-11H2,1H3,(H,22,26);2*1H3,(H,2,3,4)/t2*16-,18-;;/m00../s1. The number of anilines is 4.